The quantitative estimate of drug-likeness (QED) is 0.355. The van der Waals surface area contributed by atoms with Crippen LogP contribution in [0.15, 0.2) is 16.6 Å². The molecule has 30 heavy (non-hydrogen) atoms. The Labute approximate surface area is 183 Å². The Kier molecular flexibility index (Phi) is 6.14. The Morgan fingerprint density at radius 1 is 1.00 bits per heavy atom. The van der Waals surface area contributed by atoms with Gasteiger partial charge in [0, 0.05) is 0 Å². The molecule has 0 unspecified atom stereocenters. The van der Waals surface area contributed by atoms with Crippen molar-refractivity contribution in [1.82, 2.24) is 0 Å². The first kappa shape index (κ1) is 22.3. The summed E-state index contributed by atoms with van der Waals surface area (Å²) in [4.78, 5) is 0. The first-order chi connectivity index (χ1) is 14.2. The lowest BCUT2D eigenvalue weighted by molar-refractivity contribution is -0.0584. The SMILES string of the molecule is CC(C)CCC[C@@H](C)[C@H]1CC[C@H]2[C@@H]3CCC4=C(F)/C(=N/O)CC[C@]4(C)[C@H]3CC[C@]12C. The van der Waals surface area contributed by atoms with Crippen LogP contribution < -0.4 is 0 Å². The second-order valence-electron chi connectivity index (χ2n) is 12.2. The second-order valence-corrected chi connectivity index (χ2v) is 12.2. The lowest BCUT2D eigenvalue weighted by atomic mass is 9.46. The molecule has 2 nitrogen and oxygen atoms in total. The van der Waals surface area contributed by atoms with Gasteiger partial charge in [0.2, 0.25) is 0 Å². The molecule has 170 valence electrons. The Balaban J connectivity index is 1.52. The third-order valence-electron chi connectivity index (χ3n) is 10.4. The third kappa shape index (κ3) is 3.47. The van der Waals surface area contributed by atoms with E-state index in [1.165, 1.54) is 44.9 Å². The molecule has 0 bridgehead atoms. The van der Waals surface area contributed by atoms with E-state index >= 15 is 4.39 Å². The summed E-state index contributed by atoms with van der Waals surface area (Å²) in [6, 6.07) is 0. The maximum Gasteiger partial charge on any atom is 0.147 e. The van der Waals surface area contributed by atoms with Crippen molar-refractivity contribution >= 4 is 5.71 Å². The van der Waals surface area contributed by atoms with Gasteiger partial charge in [-0.25, -0.2) is 4.39 Å². The Morgan fingerprint density at radius 3 is 2.47 bits per heavy atom. The monoisotopic (exact) mass is 417 g/mol. The minimum absolute atomic E-state index is 0.0243. The maximum absolute atomic E-state index is 15.1. The van der Waals surface area contributed by atoms with Crippen LogP contribution in [-0.2, 0) is 0 Å². The molecule has 0 aromatic rings. The summed E-state index contributed by atoms with van der Waals surface area (Å²) in [6.45, 7) is 12.2. The summed E-state index contributed by atoms with van der Waals surface area (Å²) < 4.78 is 15.1. The largest absolute Gasteiger partial charge is 0.411 e. The Hall–Kier alpha value is -0.860. The van der Waals surface area contributed by atoms with Crippen molar-refractivity contribution in [1.29, 1.82) is 0 Å². The smallest absolute Gasteiger partial charge is 0.147 e. The van der Waals surface area contributed by atoms with Crippen molar-refractivity contribution in [3.05, 3.63) is 11.4 Å². The zero-order valence-electron chi connectivity index (χ0n) is 20.0. The minimum atomic E-state index is -0.180. The van der Waals surface area contributed by atoms with Crippen LogP contribution in [0.5, 0.6) is 0 Å². The first-order valence-corrected chi connectivity index (χ1v) is 12.8. The van der Waals surface area contributed by atoms with E-state index in [9.17, 15) is 5.21 Å². The van der Waals surface area contributed by atoms with Crippen LogP contribution in [0.2, 0.25) is 0 Å². The highest BCUT2D eigenvalue weighted by Crippen LogP contribution is 2.68. The summed E-state index contributed by atoms with van der Waals surface area (Å²) >= 11 is 0. The van der Waals surface area contributed by atoms with Crippen LogP contribution in [0, 0.1) is 46.3 Å². The van der Waals surface area contributed by atoms with Crippen LogP contribution in [0.1, 0.15) is 105 Å². The molecule has 0 aromatic carbocycles. The Morgan fingerprint density at radius 2 is 1.77 bits per heavy atom. The number of halogens is 1. The standard InChI is InChI=1S/C27H44FNO/c1-17(2)7-6-8-18(3)20-11-12-21-19-9-10-23-25(28)24(29-30)14-16-27(23,5)22(19)13-15-26(20,21)4/h17-22,30H,6-16H2,1-5H3/b29-24+/t18-,19+,20-,21+,22+,26-,27-/m1/s1. The van der Waals surface area contributed by atoms with Crippen LogP contribution in [-0.4, -0.2) is 10.9 Å². The van der Waals surface area contributed by atoms with Gasteiger partial charge < -0.3 is 5.21 Å². The molecule has 3 fully saturated rings. The minimum Gasteiger partial charge on any atom is -0.411 e. The molecule has 0 heterocycles. The van der Waals surface area contributed by atoms with Crippen molar-refractivity contribution in [3.8, 4) is 0 Å². The van der Waals surface area contributed by atoms with Gasteiger partial charge in [-0.1, -0.05) is 59.0 Å². The van der Waals surface area contributed by atoms with E-state index < -0.39 is 0 Å². The van der Waals surface area contributed by atoms with Gasteiger partial charge in [-0.05, 0) is 103 Å². The number of nitrogens with zero attached hydrogens (tertiary/aromatic N) is 1. The molecule has 0 saturated heterocycles. The molecule has 7 atom stereocenters. The Bertz CT molecular complexity index is 712. The molecule has 0 spiro atoms. The molecule has 0 radical (unpaired) electrons. The number of fused-ring (bicyclic) bond motifs is 5. The van der Waals surface area contributed by atoms with E-state index in [-0.39, 0.29) is 17.0 Å². The molecule has 3 heteroatoms. The number of rotatable bonds is 5. The van der Waals surface area contributed by atoms with Crippen molar-refractivity contribution in [2.75, 3.05) is 0 Å². The van der Waals surface area contributed by atoms with E-state index in [4.69, 9.17) is 0 Å². The molecule has 4 rings (SSSR count). The summed E-state index contributed by atoms with van der Waals surface area (Å²) in [5.74, 6) is 4.53. The zero-order valence-corrected chi connectivity index (χ0v) is 20.0. The molecule has 4 aliphatic carbocycles. The summed E-state index contributed by atoms with van der Waals surface area (Å²) in [5.41, 5.74) is 1.73. The number of oxime groups is 1. The first-order valence-electron chi connectivity index (χ1n) is 12.8. The van der Waals surface area contributed by atoms with Gasteiger partial charge in [0.15, 0.2) is 0 Å². The zero-order chi connectivity index (χ0) is 21.7. The maximum atomic E-state index is 15.1. The molecular formula is C27H44FNO. The van der Waals surface area contributed by atoms with Crippen LogP contribution >= 0.6 is 0 Å². The molecule has 3 saturated carbocycles. The molecular weight excluding hydrogens is 373 g/mol. The van der Waals surface area contributed by atoms with Gasteiger partial charge >= 0.3 is 0 Å². The summed E-state index contributed by atoms with van der Waals surface area (Å²) in [5, 5.41) is 12.5. The molecule has 0 amide bonds. The van der Waals surface area contributed by atoms with Crippen LogP contribution in [0.3, 0.4) is 0 Å². The van der Waals surface area contributed by atoms with E-state index in [0.29, 0.717) is 17.8 Å². The molecule has 1 N–H and O–H groups in total. The lowest BCUT2D eigenvalue weighted by Crippen LogP contribution is -2.51. The second kappa shape index (κ2) is 8.24. The van der Waals surface area contributed by atoms with Gasteiger partial charge in [0.1, 0.15) is 11.5 Å². The van der Waals surface area contributed by atoms with Gasteiger partial charge in [-0.15, -0.1) is 0 Å². The predicted molar refractivity (Wildman–Crippen MR) is 122 cm³/mol. The number of allylic oxidation sites excluding steroid dienone is 2. The van der Waals surface area contributed by atoms with Crippen molar-refractivity contribution in [2.45, 2.75) is 105 Å². The van der Waals surface area contributed by atoms with Crippen molar-refractivity contribution in [3.63, 3.8) is 0 Å². The summed E-state index contributed by atoms with van der Waals surface area (Å²) in [6.07, 6.45) is 13.0. The highest BCUT2D eigenvalue weighted by atomic mass is 19.1. The fraction of sp³-hybridized carbons (Fsp3) is 0.889. The van der Waals surface area contributed by atoms with Crippen LogP contribution in [0.4, 0.5) is 4.39 Å². The highest BCUT2D eigenvalue weighted by molar-refractivity contribution is 5.99. The highest BCUT2D eigenvalue weighted by Gasteiger charge is 2.60. The lowest BCUT2D eigenvalue weighted by Gasteiger charge is -2.58. The van der Waals surface area contributed by atoms with E-state index in [2.05, 4.69) is 39.8 Å². The van der Waals surface area contributed by atoms with E-state index in [1.54, 1.807) is 0 Å². The molecule has 0 aromatic heterocycles. The predicted octanol–water partition coefficient (Wildman–Crippen LogP) is 8.16. The van der Waals surface area contributed by atoms with Gasteiger partial charge in [-0.2, -0.15) is 0 Å². The van der Waals surface area contributed by atoms with E-state index in [0.717, 1.165) is 54.4 Å². The summed E-state index contributed by atoms with van der Waals surface area (Å²) in [7, 11) is 0. The number of hydrogen-bond donors (Lipinski definition) is 1. The average Bonchev–Trinajstić information content (AvgIpc) is 3.05. The normalized spacial score (nSPS) is 43.5. The molecule has 4 aliphatic rings. The number of hydrogen-bond acceptors (Lipinski definition) is 2. The average molecular weight is 418 g/mol. The van der Waals surface area contributed by atoms with Gasteiger partial charge in [-0.3, -0.25) is 0 Å². The van der Waals surface area contributed by atoms with Gasteiger partial charge in [0.25, 0.3) is 0 Å². The molecule has 0 aliphatic heterocycles. The van der Waals surface area contributed by atoms with E-state index in [1.807, 2.05) is 0 Å². The van der Waals surface area contributed by atoms with Crippen molar-refractivity contribution < 1.29 is 9.60 Å². The third-order valence-corrected chi connectivity index (χ3v) is 10.4. The fourth-order valence-corrected chi connectivity index (χ4v) is 8.78. The topological polar surface area (TPSA) is 32.6 Å². The van der Waals surface area contributed by atoms with Gasteiger partial charge in [0.05, 0.1) is 0 Å². The van der Waals surface area contributed by atoms with Crippen molar-refractivity contribution in [2.24, 2.45) is 51.5 Å². The van der Waals surface area contributed by atoms with Crippen LogP contribution in [0.25, 0.3) is 0 Å². The fourth-order valence-electron chi connectivity index (χ4n) is 8.78.